The molecule has 3 fully saturated rings. The van der Waals surface area contributed by atoms with Crippen molar-refractivity contribution in [3.63, 3.8) is 0 Å². The minimum atomic E-state index is -0.695. The molecule has 3 aliphatic rings. The summed E-state index contributed by atoms with van der Waals surface area (Å²) in [7, 11) is 0. The van der Waals surface area contributed by atoms with Crippen LogP contribution in [-0.4, -0.2) is 42.3 Å². The summed E-state index contributed by atoms with van der Waals surface area (Å²) in [5.41, 5.74) is 0. The molecule has 0 aromatic heterocycles. The number of rotatable bonds is 1. The van der Waals surface area contributed by atoms with Gasteiger partial charge >= 0.3 is 5.97 Å². The molecule has 5 nitrogen and oxygen atoms in total. The third-order valence-corrected chi connectivity index (χ3v) is 3.93. The largest absolute Gasteiger partial charge is 0.460 e. The van der Waals surface area contributed by atoms with Gasteiger partial charge in [0.05, 0.1) is 0 Å². The van der Waals surface area contributed by atoms with Crippen LogP contribution in [0.1, 0.15) is 27.7 Å². The highest BCUT2D eigenvalue weighted by molar-refractivity contribution is 5.77. The molecule has 0 unspecified atom stereocenters. The molecule has 3 rings (SSSR count). The van der Waals surface area contributed by atoms with Crippen LogP contribution in [0.2, 0.25) is 0 Å². The molecule has 0 aromatic rings. The first-order valence-electron chi connectivity index (χ1n) is 6.77. The van der Waals surface area contributed by atoms with Crippen molar-refractivity contribution in [2.75, 3.05) is 0 Å². The second-order valence-electron chi connectivity index (χ2n) is 5.82. The first kappa shape index (κ1) is 13.1. The smallest absolute Gasteiger partial charge is 0.314 e. The van der Waals surface area contributed by atoms with Gasteiger partial charge < -0.3 is 18.9 Å². The van der Waals surface area contributed by atoms with E-state index in [2.05, 4.69) is 0 Å². The maximum atomic E-state index is 12.0. The van der Waals surface area contributed by atoms with Crippen LogP contribution < -0.4 is 0 Å². The number of carbonyl (C=O) groups is 1. The zero-order valence-corrected chi connectivity index (χ0v) is 11.7. The van der Waals surface area contributed by atoms with Crippen LogP contribution in [0.3, 0.4) is 0 Å². The Labute approximate surface area is 112 Å². The van der Waals surface area contributed by atoms with Crippen molar-refractivity contribution in [3.8, 4) is 0 Å². The average molecular weight is 268 g/mol. The summed E-state index contributed by atoms with van der Waals surface area (Å²) in [6.07, 6.45) is 2.63. The van der Waals surface area contributed by atoms with Gasteiger partial charge in [-0.05, 0) is 27.7 Å². The van der Waals surface area contributed by atoms with Gasteiger partial charge in [-0.2, -0.15) is 0 Å². The lowest BCUT2D eigenvalue weighted by Gasteiger charge is -2.36. The molecule has 0 aliphatic carbocycles. The third-order valence-electron chi connectivity index (χ3n) is 3.93. The topological polar surface area (TPSA) is 54.0 Å². The van der Waals surface area contributed by atoms with E-state index in [1.54, 1.807) is 0 Å². The number of hydrogen-bond acceptors (Lipinski definition) is 5. The van der Waals surface area contributed by atoms with Gasteiger partial charge in [-0.25, -0.2) is 0 Å². The fraction of sp³-hybridized carbons (Fsp3) is 0.786. The second kappa shape index (κ2) is 4.30. The van der Waals surface area contributed by atoms with Crippen LogP contribution in [0.15, 0.2) is 12.2 Å². The van der Waals surface area contributed by atoms with Gasteiger partial charge in [0.25, 0.3) is 0 Å². The summed E-state index contributed by atoms with van der Waals surface area (Å²) < 4.78 is 23.1. The quantitative estimate of drug-likeness (QED) is 0.531. The molecule has 0 radical (unpaired) electrons. The van der Waals surface area contributed by atoms with Gasteiger partial charge in [-0.15, -0.1) is 0 Å². The van der Waals surface area contributed by atoms with Crippen molar-refractivity contribution in [2.24, 2.45) is 5.92 Å². The lowest BCUT2D eigenvalue weighted by atomic mass is 9.86. The molecule has 0 N–H and O–H groups in total. The van der Waals surface area contributed by atoms with E-state index >= 15 is 0 Å². The normalized spacial score (nSPS) is 48.1. The van der Waals surface area contributed by atoms with E-state index in [1.165, 1.54) is 0 Å². The van der Waals surface area contributed by atoms with Crippen LogP contribution in [0.4, 0.5) is 0 Å². The van der Waals surface area contributed by atoms with Crippen molar-refractivity contribution in [3.05, 3.63) is 12.2 Å². The highest BCUT2D eigenvalue weighted by Crippen LogP contribution is 2.44. The molecule has 3 heterocycles. The van der Waals surface area contributed by atoms with Crippen molar-refractivity contribution in [2.45, 2.75) is 64.0 Å². The summed E-state index contributed by atoms with van der Waals surface area (Å²) in [4.78, 5) is 12.0. The summed E-state index contributed by atoms with van der Waals surface area (Å²) in [6.45, 7) is 7.51. The molecular weight excluding hydrogens is 248 g/mol. The predicted molar refractivity (Wildman–Crippen MR) is 66.3 cm³/mol. The number of ether oxygens (including phenoxy) is 4. The second-order valence-corrected chi connectivity index (χ2v) is 5.82. The van der Waals surface area contributed by atoms with E-state index in [0.717, 1.165) is 0 Å². The number of fused-ring (bicyclic) bond motifs is 3. The zero-order chi connectivity index (χ0) is 13.8. The number of esters is 1. The van der Waals surface area contributed by atoms with Crippen molar-refractivity contribution in [1.82, 2.24) is 0 Å². The maximum absolute atomic E-state index is 12.0. The predicted octanol–water partition coefficient (Wildman–Crippen LogP) is 1.41. The van der Waals surface area contributed by atoms with Crippen LogP contribution in [-0.2, 0) is 23.7 Å². The fourth-order valence-electron chi connectivity index (χ4n) is 3.22. The van der Waals surface area contributed by atoms with E-state index in [4.69, 9.17) is 18.9 Å². The maximum Gasteiger partial charge on any atom is 0.314 e. The highest BCUT2D eigenvalue weighted by Gasteiger charge is 2.61. The van der Waals surface area contributed by atoms with Gasteiger partial charge in [-0.1, -0.05) is 12.2 Å². The Balaban J connectivity index is 1.94. The van der Waals surface area contributed by atoms with Crippen molar-refractivity contribution >= 4 is 5.97 Å². The SMILES string of the molecule is C/C=C/[C@@H]1O[C@H]2[C@@H](C(=O)O[C@H]2C)[C@@H]2OC(C)(C)O[C@@H]21. The first-order chi connectivity index (χ1) is 8.93. The lowest BCUT2D eigenvalue weighted by molar-refractivity contribution is -0.157. The Morgan fingerprint density at radius 1 is 1.16 bits per heavy atom. The van der Waals surface area contributed by atoms with Crippen LogP contribution in [0.25, 0.3) is 0 Å². The van der Waals surface area contributed by atoms with Gasteiger partial charge in [0.15, 0.2) is 5.79 Å². The van der Waals surface area contributed by atoms with E-state index in [1.807, 2.05) is 39.8 Å². The standard InChI is InChI=1S/C14H20O5/c1-5-6-8-11-12(19-14(3,4)18-11)9-10(17-8)7(2)16-13(9)15/h5-12H,1-4H3/b6-5+/t7-,8-,9+,10+,11+,12-/m0/s1. The monoisotopic (exact) mass is 268 g/mol. The number of allylic oxidation sites excluding steroid dienone is 1. The number of hydrogen-bond donors (Lipinski definition) is 0. The Hall–Kier alpha value is -0.910. The Morgan fingerprint density at radius 2 is 1.84 bits per heavy atom. The molecule has 6 atom stereocenters. The lowest BCUT2D eigenvalue weighted by Crippen LogP contribution is -2.53. The van der Waals surface area contributed by atoms with E-state index in [0.29, 0.717) is 0 Å². The van der Waals surface area contributed by atoms with Crippen LogP contribution in [0, 0.1) is 5.92 Å². The molecule has 0 saturated carbocycles. The zero-order valence-electron chi connectivity index (χ0n) is 11.7. The van der Waals surface area contributed by atoms with Gasteiger partial charge in [0.2, 0.25) is 0 Å². The molecule has 19 heavy (non-hydrogen) atoms. The molecule has 0 bridgehead atoms. The van der Waals surface area contributed by atoms with Crippen LogP contribution >= 0.6 is 0 Å². The highest BCUT2D eigenvalue weighted by atomic mass is 16.8. The molecule has 106 valence electrons. The average Bonchev–Trinajstić information content (AvgIpc) is 2.76. The summed E-state index contributed by atoms with van der Waals surface area (Å²) in [5.74, 6) is -1.32. The molecule has 0 spiro atoms. The minimum absolute atomic E-state index is 0.199. The van der Waals surface area contributed by atoms with Crippen LogP contribution in [0.5, 0.6) is 0 Å². The molecule has 0 amide bonds. The van der Waals surface area contributed by atoms with Gasteiger partial charge in [0, 0.05) is 0 Å². The third kappa shape index (κ3) is 2.00. The van der Waals surface area contributed by atoms with E-state index in [-0.39, 0.29) is 42.4 Å². The number of cyclic esters (lactones) is 1. The fourth-order valence-corrected chi connectivity index (χ4v) is 3.22. The summed E-state index contributed by atoms with van der Waals surface area (Å²) in [6, 6.07) is 0. The van der Waals surface area contributed by atoms with Crippen molar-refractivity contribution < 1.29 is 23.7 Å². The molecule has 0 aromatic carbocycles. The van der Waals surface area contributed by atoms with E-state index in [9.17, 15) is 4.79 Å². The molecule has 5 heteroatoms. The van der Waals surface area contributed by atoms with E-state index < -0.39 is 5.79 Å². The summed E-state index contributed by atoms with van der Waals surface area (Å²) >= 11 is 0. The minimum Gasteiger partial charge on any atom is -0.460 e. The Morgan fingerprint density at radius 3 is 2.53 bits per heavy atom. The Bertz CT molecular complexity index is 416. The number of carbonyl (C=O) groups excluding carboxylic acids is 1. The van der Waals surface area contributed by atoms with Crippen molar-refractivity contribution in [1.29, 1.82) is 0 Å². The van der Waals surface area contributed by atoms with Gasteiger partial charge in [-0.3, -0.25) is 4.79 Å². The Kier molecular flexibility index (Phi) is 2.96. The first-order valence-corrected chi connectivity index (χ1v) is 6.77. The van der Waals surface area contributed by atoms with Gasteiger partial charge in [0.1, 0.15) is 36.4 Å². The molecule has 3 aliphatic heterocycles. The molecule has 3 saturated heterocycles. The summed E-state index contributed by atoms with van der Waals surface area (Å²) in [5, 5.41) is 0. The molecular formula is C14H20O5.